The molecule has 0 saturated carbocycles. The SMILES string of the molecule is COCCN1C(=O)Cc2ccccc2[C@@H]1C(=O)NCc1ccccc1F. The first-order chi connectivity index (χ1) is 12.6. The molecular weight excluding hydrogens is 335 g/mol. The van der Waals surface area contributed by atoms with Crippen LogP contribution in [-0.2, 0) is 27.3 Å². The standard InChI is InChI=1S/C20H21FN2O3/c1-26-11-10-23-18(24)12-14-6-2-4-8-16(14)19(23)20(25)22-13-15-7-3-5-9-17(15)21/h2-9,19H,10-13H2,1H3,(H,22,25)/t19-/m1/s1. The highest BCUT2D eigenvalue weighted by Gasteiger charge is 2.36. The molecule has 1 atom stereocenters. The van der Waals surface area contributed by atoms with Crippen molar-refractivity contribution >= 4 is 11.8 Å². The fourth-order valence-electron chi connectivity index (χ4n) is 3.19. The second kappa shape index (κ2) is 8.10. The number of methoxy groups -OCH3 is 1. The molecule has 1 aliphatic heterocycles. The highest BCUT2D eigenvalue weighted by atomic mass is 19.1. The van der Waals surface area contributed by atoms with Gasteiger partial charge in [0.25, 0.3) is 0 Å². The molecule has 5 nitrogen and oxygen atoms in total. The molecular formula is C20H21FN2O3. The molecule has 1 aliphatic rings. The Bertz CT molecular complexity index is 809. The summed E-state index contributed by atoms with van der Waals surface area (Å²) in [6.45, 7) is 0.725. The Morgan fingerprint density at radius 2 is 1.96 bits per heavy atom. The minimum absolute atomic E-state index is 0.0660. The van der Waals surface area contributed by atoms with E-state index in [0.717, 1.165) is 11.1 Å². The van der Waals surface area contributed by atoms with Crippen LogP contribution in [0.25, 0.3) is 0 Å². The van der Waals surface area contributed by atoms with E-state index < -0.39 is 6.04 Å². The normalized spacial score (nSPS) is 16.3. The summed E-state index contributed by atoms with van der Waals surface area (Å²) in [6.07, 6.45) is 0.261. The number of fused-ring (bicyclic) bond motifs is 1. The highest BCUT2D eigenvalue weighted by Crippen LogP contribution is 2.30. The number of carbonyl (C=O) groups is 2. The van der Waals surface area contributed by atoms with Gasteiger partial charge in [0.15, 0.2) is 0 Å². The lowest BCUT2D eigenvalue weighted by molar-refractivity contribution is -0.142. The maximum atomic E-state index is 13.8. The van der Waals surface area contributed by atoms with Gasteiger partial charge in [-0.25, -0.2) is 4.39 Å². The van der Waals surface area contributed by atoms with E-state index in [9.17, 15) is 14.0 Å². The van der Waals surface area contributed by atoms with Crippen molar-refractivity contribution in [2.45, 2.75) is 19.0 Å². The first-order valence-corrected chi connectivity index (χ1v) is 8.49. The van der Waals surface area contributed by atoms with Crippen LogP contribution in [-0.4, -0.2) is 37.0 Å². The number of amides is 2. The van der Waals surface area contributed by atoms with Gasteiger partial charge in [-0.1, -0.05) is 42.5 Å². The molecule has 0 bridgehead atoms. The zero-order chi connectivity index (χ0) is 18.5. The van der Waals surface area contributed by atoms with Crippen LogP contribution in [0.5, 0.6) is 0 Å². The summed E-state index contributed by atoms with van der Waals surface area (Å²) in [5.74, 6) is -0.819. The predicted molar refractivity (Wildman–Crippen MR) is 94.7 cm³/mol. The fraction of sp³-hybridized carbons (Fsp3) is 0.300. The van der Waals surface area contributed by atoms with Crippen LogP contribution in [0.3, 0.4) is 0 Å². The van der Waals surface area contributed by atoms with E-state index >= 15 is 0 Å². The predicted octanol–water partition coefficient (Wildman–Crippen LogP) is 2.21. The molecule has 0 fully saturated rings. The van der Waals surface area contributed by atoms with Gasteiger partial charge in [-0.3, -0.25) is 9.59 Å². The average molecular weight is 356 g/mol. The van der Waals surface area contributed by atoms with Crippen molar-refractivity contribution in [2.24, 2.45) is 0 Å². The monoisotopic (exact) mass is 356 g/mol. The van der Waals surface area contributed by atoms with Gasteiger partial charge in [0.1, 0.15) is 11.9 Å². The summed E-state index contributed by atoms with van der Waals surface area (Å²) in [5.41, 5.74) is 2.05. The molecule has 2 amide bonds. The van der Waals surface area contributed by atoms with Gasteiger partial charge < -0.3 is 15.0 Å². The minimum atomic E-state index is -0.741. The summed E-state index contributed by atoms with van der Waals surface area (Å²) < 4.78 is 18.9. The van der Waals surface area contributed by atoms with Crippen molar-refractivity contribution in [1.82, 2.24) is 10.2 Å². The van der Waals surface area contributed by atoms with Crippen molar-refractivity contribution in [1.29, 1.82) is 0 Å². The quantitative estimate of drug-likeness (QED) is 0.863. The first-order valence-electron chi connectivity index (χ1n) is 8.49. The minimum Gasteiger partial charge on any atom is -0.383 e. The van der Waals surface area contributed by atoms with E-state index in [2.05, 4.69) is 5.32 Å². The van der Waals surface area contributed by atoms with Gasteiger partial charge in [-0.15, -0.1) is 0 Å². The van der Waals surface area contributed by atoms with Gasteiger partial charge >= 0.3 is 0 Å². The smallest absolute Gasteiger partial charge is 0.247 e. The van der Waals surface area contributed by atoms with Crippen LogP contribution in [0, 0.1) is 5.82 Å². The van der Waals surface area contributed by atoms with E-state index in [-0.39, 0.29) is 30.6 Å². The molecule has 3 rings (SSSR count). The Labute approximate surface area is 151 Å². The van der Waals surface area contributed by atoms with Gasteiger partial charge in [0, 0.05) is 25.8 Å². The third-order valence-electron chi connectivity index (χ3n) is 4.52. The van der Waals surface area contributed by atoms with Gasteiger partial charge in [-0.05, 0) is 17.2 Å². The number of nitrogens with zero attached hydrogens (tertiary/aromatic N) is 1. The van der Waals surface area contributed by atoms with Crippen LogP contribution in [0.2, 0.25) is 0 Å². The van der Waals surface area contributed by atoms with Crippen molar-refractivity contribution in [3.8, 4) is 0 Å². The molecule has 0 saturated heterocycles. The molecule has 0 unspecified atom stereocenters. The van der Waals surface area contributed by atoms with Crippen molar-refractivity contribution in [2.75, 3.05) is 20.3 Å². The molecule has 1 N–H and O–H groups in total. The summed E-state index contributed by atoms with van der Waals surface area (Å²) in [5, 5.41) is 2.76. The summed E-state index contributed by atoms with van der Waals surface area (Å²) in [4.78, 5) is 27.0. The maximum Gasteiger partial charge on any atom is 0.247 e. The Kier molecular flexibility index (Phi) is 5.63. The number of carbonyl (C=O) groups excluding carboxylic acids is 2. The first kappa shape index (κ1) is 18.1. The number of hydrogen-bond donors (Lipinski definition) is 1. The Morgan fingerprint density at radius 3 is 2.73 bits per heavy atom. The van der Waals surface area contributed by atoms with Crippen LogP contribution in [0.1, 0.15) is 22.7 Å². The van der Waals surface area contributed by atoms with Gasteiger partial charge in [0.05, 0.1) is 13.0 Å². The molecule has 1 heterocycles. The summed E-state index contributed by atoms with van der Waals surface area (Å²) >= 11 is 0. The third-order valence-corrected chi connectivity index (χ3v) is 4.52. The van der Waals surface area contributed by atoms with E-state index in [1.165, 1.54) is 11.0 Å². The second-order valence-electron chi connectivity index (χ2n) is 6.17. The summed E-state index contributed by atoms with van der Waals surface area (Å²) in [6, 6.07) is 13.0. The highest BCUT2D eigenvalue weighted by molar-refractivity contribution is 5.92. The molecule has 0 spiro atoms. The summed E-state index contributed by atoms with van der Waals surface area (Å²) in [7, 11) is 1.55. The van der Waals surface area contributed by atoms with E-state index in [1.54, 1.807) is 25.3 Å². The Balaban J connectivity index is 1.84. The van der Waals surface area contributed by atoms with E-state index in [4.69, 9.17) is 4.74 Å². The largest absolute Gasteiger partial charge is 0.383 e. The molecule has 136 valence electrons. The van der Waals surface area contributed by atoms with Crippen LogP contribution < -0.4 is 5.32 Å². The van der Waals surface area contributed by atoms with Crippen LogP contribution in [0.4, 0.5) is 4.39 Å². The van der Waals surface area contributed by atoms with Gasteiger partial charge in [-0.2, -0.15) is 0 Å². The van der Waals surface area contributed by atoms with E-state index in [0.29, 0.717) is 18.7 Å². The number of nitrogens with one attached hydrogen (secondary N) is 1. The topological polar surface area (TPSA) is 58.6 Å². The van der Waals surface area contributed by atoms with E-state index in [1.807, 2.05) is 24.3 Å². The fourth-order valence-corrected chi connectivity index (χ4v) is 3.19. The number of halogens is 1. The maximum absolute atomic E-state index is 13.8. The van der Waals surface area contributed by atoms with Crippen molar-refractivity contribution < 1.29 is 18.7 Å². The zero-order valence-electron chi connectivity index (χ0n) is 14.6. The molecule has 26 heavy (non-hydrogen) atoms. The second-order valence-corrected chi connectivity index (χ2v) is 6.17. The Morgan fingerprint density at radius 1 is 1.23 bits per heavy atom. The number of ether oxygens (including phenoxy) is 1. The average Bonchev–Trinajstić information content (AvgIpc) is 2.65. The molecule has 0 aliphatic carbocycles. The van der Waals surface area contributed by atoms with Crippen LogP contribution in [0.15, 0.2) is 48.5 Å². The Hall–Kier alpha value is -2.73. The van der Waals surface area contributed by atoms with Gasteiger partial charge in [0.2, 0.25) is 11.8 Å². The molecule has 0 aromatic heterocycles. The molecule has 0 radical (unpaired) electrons. The number of benzene rings is 2. The number of rotatable bonds is 6. The zero-order valence-corrected chi connectivity index (χ0v) is 14.6. The number of hydrogen-bond acceptors (Lipinski definition) is 3. The molecule has 2 aromatic carbocycles. The lowest BCUT2D eigenvalue weighted by Gasteiger charge is -2.36. The third kappa shape index (κ3) is 3.75. The van der Waals surface area contributed by atoms with Crippen LogP contribution >= 0.6 is 0 Å². The van der Waals surface area contributed by atoms with Crippen molar-refractivity contribution in [3.05, 3.63) is 71.0 Å². The lowest BCUT2D eigenvalue weighted by Crippen LogP contribution is -2.48. The molecule has 6 heteroatoms. The lowest BCUT2D eigenvalue weighted by atomic mass is 9.91. The van der Waals surface area contributed by atoms with Crippen molar-refractivity contribution in [3.63, 3.8) is 0 Å². The molecule has 2 aromatic rings.